The van der Waals surface area contributed by atoms with Crippen molar-refractivity contribution in [1.29, 1.82) is 0 Å². The van der Waals surface area contributed by atoms with Gasteiger partial charge in [0, 0.05) is 5.56 Å². The van der Waals surface area contributed by atoms with E-state index in [4.69, 9.17) is 9.47 Å². The van der Waals surface area contributed by atoms with Gasteiger partial charge in [-0.3, -0.25) is 5.01 Å². The van der Waals surface area contributed by atoms with E-state index in [9.17, 15) is 0 Å². The molecule has 20 heavy (non-hydrogen) atoms. The molecule has 1 aliphatic rings. The average Bonchev–Trinajstić information content (AvgIpc) is 2.53. The third-order valence-electron chi connectivity index (χ3n) is 3.49. The van der Waals surface area contributed by atoms with Gasteiger partial charge in [0.05, 0.1) is 39.6 Å². The lowest BCUT2D eigenvalue weighted by Crippen LogP contribution is -2.32. The molecule has 4 heteroatoms. The summed E-state index contributed by atoms with van der Waals surface area (Å²) in [5.74, 6) is 0.848. The Labute approximate surface area is 118 Å². The zero-order valence-corrected chi connectivity index (χ0v) is 11.6. The second kappa shape index (κ2) is 5.92. The van der Waals surface area contributed by atoms with Crippen molar-refractivity contribution in [2.75, 3.05) is 33.4 Å². The molecule has 0 amide bonds. The Morgan fingerprint density at radius 1 is 1.15 bits per heavy atom. The van der Waals surface area contributed by atoms with Gasteiger partial charge in [0.25, 0.3) is 0 Å². The molecule has 2 aromatic rings. The van der Waals surface area contributed by atoms with Gasteiger partial charge in [0.1, 0.15) is 5.75 Å². The molecule has 1 saturated heterocycles. The van der Waals surface area contributed by atoms with Gasteiger partial charge in [-0.15, -0.1) is 0 Å². The van der Waals surface area contributed by atoms with Gasteiger partial charge < -0.3 is 9.47 Å². The monoisotopic (exact) mass is 270 g/mol. The molecule has 0 atom stereocenters. The van der Waals surface area contributed by atoms with E-state index in [2.05, 4.69) is 23.3 Å². The largest absolute Gasteiger partial charge is 0.496 e. The standard InChI is InChI=1S/C16H18N2O2/c1-19-16-7-6-13-4-2-3-5-14(13)15(16)12-17-18-8-10-20-11-9-18/h2-7,12H,8-11H2,1H3/b17-12+. The number of fused-ring (bicyclic) bond motifs is 1. The van der Waals surface area contributed by atoms with Crippen molar-refractivity contribution in [3.05, 3.63) is 42.0 Å². The lowest BCUT2D eigenvalue weighted by molar-refractivity contribution is 0.0397. The molecule has 0 spiro atoms. The predicted molar refractivity (Wildman–Crippen MR) is 80.5 cm³/mol. The van der Waals surface area contributed by atoms with E-state index in [1.54, 1.807) is 7.11 Å². The summed E-state index contributed by atoms with van der Waals surface area (Å²) in [5, 5.41) is 8.94. The Balaban J connectivity index is 1.97. The number of benzene rings is 2. The van der Waals surface area contributed by atoms with Crippen molar-refractivity contribution in [3.8, 4) is 5.75 Å². The zero-order chi connectivity index (χ0) is 13.8. The Morgan fingerprint density at radius 2 is 1.95 bits per heavy atom. The lowest BCUT2D eigenvalue weighted by Gasteiger charge is -2.23. The maximum absolute atomic E-state index is 5.46. The van der Waals surface area contributed by atoms with Crippen LogP contribution >= 0.6 is 0 Å². The number of methoxy groups -OCH3 is 1. The Bertz CT molecular complexity index is 619. The van der Waals surface area contributed by atoms with Crippen molar-refractivity contribution in [2.45, 2.75) is 0 Å². The Morgan fingerprint density at radius 3 is 2.75 bits per heavy atom. The normalized spacial score (nSPS) is 15.9. The van der Waals surface area contributed by atoms with Crippen LogP contribution in [0.25, 0.3) is 10.8 Å². The van der Waals surface area contributed by atoms with Crippen molar-refractivity contribution < 1.29 is 9.47 Å². The molecule has 4 nitrogen and oxygen atoms in total. The van der Waals surface area contributed by atoms with E-state index in [1.165, 1.54) is 5.39 Å². The molecule has 0 N–H and O–H groups in total. The van der Waals surface area contributed by atoms with E-state index in [-0.39, 0.29) is 0 Å². The summed E-state index contributed by atoms with van der Waals surface area (Å²) in [6.07, 6.45) is 1.90. The molecule has 1 fully saturated rings. The van der Waals surface area contributed by atoms with Crippen LogP contribution in [0, 0.1) is 0 Å². The SMILES string of the molecule is COc1ccc2ccccc2c1/C=N/N1CCOCC1. The van der Waals surface area contributed by atoms with Crippen LogP contribution in [0.3, 0.4) is 0 Å². The molecule has 0 bridgehead atoms. The highest BCUT2D eigenvalue weighted by atomic mass is 16.5. The van der Waals surface area contributed by atoms with E-state index in [1.807, 2.05) is 29.4 Å². The molecular weight excluding hydrogens is 252 g/mol. The molecule has 2 aromatic carbocycles. The molecule has 0 radical (unpaired) electrons. The fourth-order valence-electron chi connectivity index (χ4n) is 2.40. The number of hydrogen-bond acceptors (Lipinski definition) is 4. The van der Waals surface area contributed by atoms with Crippen molar-refractivity contribution in [2.24, 2.45) is 5.10 Å². The van der Waals surface area contributed by atoms with Crippen LogP contribution in [-0.4, -0.2) is 44.6 Å². The van der Waals surface area contributed by atoms with E-state index in [0.29, 0.717) is 0 Å². The predicted octanol–water partition coefficient (Wildman–Crippen LogP) is 2.51. The van der Waals surface area contributed by atoms with Gasteiger partial charge in [-0.25, -0.2) is 0 Å². The van der Waals surface area contributed by atoms with E-state index < -0.39 is 0 Å². The van der Waals surface area contributed by atoms with Gasteiger partial charge in [0.2, 0.25) is 0 Å². The summed E-state index contributed by atoms with van der Waals surface area (Å²) in [5.41, 5.74) is 1.03. The molecular formula is C16H18N2O2. The van der Waals surface area contributed by atoms with Crippen LogP contribution < -0.4 is 4.74 Å². The molecule has 0 aliphatic carbocycles. The molecule has 0 aromatic heterocycles. The van der Waals surface area contributed by atoms with Crippen molar-refractivity contribution >= 4 is 17.0 Å². The minimum atomic E-state index is 0.740. The average molecular weight is 270 g/mol. The summed E-state index contributed by atoms with van der Waals surface area (Å²) in [6, 6.07) is 12.3. The number of morpholine rings is 1. The van der Waals surface area contributed by atoms with Crippen LogP contribution in [0.4, 0.5) is 0 Å². The van der Waals surface area contributed by atoms with Crippen LogP contribution in [0.15, 0.2) is 41.5 Å². The minimum absolute atomic E-state index is 0.740. The molecule has 0 unspecified atom stereocenters. The maximum Gasteiger partial charge on any atom is 0.128 e. The van der Waals surface area contributed by atoms with Crippen LogP contribution in [-0.2, 0) is 4.74 Å². The second-order valence-corrected chi connectivity index (χ2v) is 4.71. The van der Waals surface area contributed by atoms with Gasteiger partial charge in [-0.1, -0.05) is 30.3 Å². The number of hydrazone groups is 1. The topological polar surface area (TPSA) is 34.1 Å². The van der Waals surface area contributed by atoms with Gasteiger partial charge >= 0.3 is 0 Å². The van der Waals surface area contributed by atoms with Crippen LogP contribution in [0.5, 0.6) is 5.75 Å². The first-order valence-corrected chi connectivity index (χ1v) is 6.81. The summed E-state index contributed by atoms with van der Waals surface area (Å²) in [7, 11) is 1.69. The number of ether oxygens (including phenoxy) is 2. The van der Waals surface area contributed by atoms with Crippen LogP contribution in [0.1, 0.15) is 5.56 Å². The number of hydrogen-bond donors (Lipinski definition) is 0. The molecule has 1 aliphatic heterocycles. The summed E-state index contributed by atoms with van der Waals surface area (Å²) < 4.78 is 10.8. The van der Waals surface area contributed by atoms with Gasteiger partial charge in [-0.2, -0.15) is 5.10 Å². The third-order valence-corrected chi connectivity index (χ3v) is 3.49. The third kappa shape index (κ3) is 2.60. The van der Waals surface area contributed by atoms with E-state index >= 15 is 0 Å². The minimum Gasteiger partial charge on any atom is -0.496 e. The van der Waals surface area contributed by atoms with Gasteiger partial charge in [0.15, 0.2) is 0 Å². The smallest absolute Gasteiger partial charge is 0.128 e. The van der Waals surface area contributed by atoms with Crippen molar-refractivity contribution in [1.82, 2.24) is 5.01 Å². The molecule has 1 heterocycles. The number of nitrogens with zero attached hydrogens (tertiary/aromatic N) is 2. The number of rotatable bonds is 3. The molecule has 0 saturated carbocycles. The Kier molecular flexibility index (Phi) is 3.83. The highest BCUT2D eigenvalue weighted by Crippen LogP contribution is 2.26. The van der Waals surface area contributed by atoms with Crippen molar-refractivity contribution in [3.63, 3.8) is 0 Å². The highest BCUT2D eigenvalue weighted by molar-refractivity contribution is 6.02. The second-order valence-electron chi connectivity index (χ2n) is 4.71. The first-order chi connectivity index (χ1) is 9.88. The zero-order valence-electron chi connectivity index (χ0n) is 11.6. The highest BCUT2D eigenvalue weighted by Gasteiger charge is 2.09. The molecule has 3 rings (SSSR count). The lowest BCUT2D eigenvalue weighted by atomic mass is 10.0. The quantitative estimate of drug-likeness (QED) is 0.804. The summed E-state index contributed by atoms with van der Waals surface area (Å²) in [4.78, 5) is 0. The summed E-state index contributed by atoms with van der Waals surface area (Å²) in [6.45, 7) is 3.15. The fraction of sp³-hybridized carbons (Fsp3) is 0.312. The Hall–Kier alpha value is -2.07. The van der Waals surface area contributed by atoms with Crippen LogP contribution in [0.2, 0.25) is 0 Å². The first-order valence-electron chi connectivity index (χ1n) is 6.81. The summed E-state index contributed by atoms with van der Waals surface area (Å²) >= 11 is 0. The first kappa shape index (κ1) is 12.9. The van der Waals surface area contributed by atoms with E-state index in [0.717, 1.165) is 43.0 Å². The van der Waals surface area contributed by atoms with Gasteiger partial charge in [-0.05, 0) is 16.8 Å². The maximum atomic E-state index is 5.46. The molecule has 104 valence electrons. The fourth-order valence-corrected chi connectivity index (χ4v) is 2.40.